The molecule has 242 valence electrons. The quantitative estimate of drug-likeness (QED) is 0.189. The lowest BCUT2D eigenvalue weighted by Gasteiger charge is -2.11. The SMILES string of the molecule is c1cnc2c(c1)oc1cc(-n3c4ccccc4c4cc(-n5c6ccccc6c6cc(-n7c8ccccc8c8ccccc87)ccc65)ccc43)ccc12. The number of fused-ring (bicyclic) bond motifs is 12. The van der Waals surface area contributed by atoms with Gasteiger partial charge >= 0.3 is 0 Å². The topological polar surface area (TPSA) is 40.8 Å². The summed E-state index contributed by atoms with van der Waals surface area (Å²) in [5.74, 6) is 0. The van der Waals surface area contributed by atoms with E-state index in [9.17, 15) is 0 Å². The Morgan fingerprint density at radius 2 is 0.750 bits per heavy atom. The summed E-state index contributed by atoms with van der Waals surface area (Å²) in [5.41, 5.74) is 13.0. The van der Waals surface area contributed by atoms with Gasteiger partial charge in [0.2, 0.25) is 0 Å². The van der Waals surface area contributed by atoms with Crippen LogP contribution in [0.25, 0.3) is 105 Å². The largest absolute Gasteiger partial charge is 0.454 e. The lowest BCUT2D eigenvalue weighted by Crippen LogP contribution is -1.96. The molecule has 5 aromatic heterocycles. The molecule has 0 amide bonds. The third-order valence-electron chi connectivity index (χ3n) is 10.9. The lowest BCUT2D eigenvalue weighted by atomic mass is 10.1. The average Bonchev–Trinajstić information content (AvgIpc) is 3.93. The Labute approximate surface area is 296 Å². The fourth-order valence-corrected chi connectivity index (χ4v) is 8.68. The molecular weight excluding hydrogens is 637 g/mol. The summed E-state index contributed by atoms with van der Waals surface area (Å²) in [6, 6.07) is 59.0. The third-order valence-corrected chi connectivity index (χ3v) is 10.9. The Morgan fingerprint density at radius 3 is 1.27 bits per heavy atom. The Kier molecular flexibility index (Phi) is 5.44. The predicted molar refractivity (Wildman–Crippen MR) is 215 cm³/mol. The first kappa shape index (κ1) is 27.7. The average molecular weight is 665 g/mol. The van der Waals surface area contributed by atoms with Gasteiger partial charge < -0.3 is 18.1 Å². The summed E-state index contributed by atoms with van der Waals surface area (Å²) in [5, 5.41) is 8.43. The van der Waals surface area contributed by atoms with Crippen molar-refractivity contribution in [1.82, 2.24) is 18.7 Å². The normalized spacial score (nSPS) is 12.2. The first-order valence-corrected chi connectivity index (χ1v) is 17.6. The van der Waals surface area contributed by atoms with Crippen LogP contribution in [0.5, 0.6) is 0 Å². The Hall–Kier alpha value is -7.11. The van der Waals surface area contributed by atoms with Crippen LogP contribution in [0.1, 0.15) is 0 Å². The molecule has 12 aromatic rings. The Bertz CT molecular complexity index is 3370. The van der Waals surface area contributed by atoms with Gasteiger partial charge in [0.1, 0.15) is 11.1 Å². The highest BCUT2D eigenvalue weighted by molar-refractivity contribution is 6.14. The van der Waals surface area contributed by atoms with Gasteiger partial charge in [0.25, 0.3) is 0 Å². The van der Waals surface area contributed by atoms with Crippen LogP contribution >= 0.6 is 0 Å². The molecule has 0 saturated carbocycles. The molecule has 5 heteroatoms. The van der Waals surface area contributed by atoms with E-state index in [1.165, 1.54) is 54.4 Å². The van der Waals surface area contributed by atoms with Gasteiger partial charge in [-0.05, 0) is 84.9 Å². The monoisotopic (exact) mass is 664 g/mol. The van der Waals surface area contributed by atoms with Crippen molar-refractivity contribution in [3.63, 3.8) is 0 Å². The van der Waals surface area contributed by atoms with Crippen molar-refractivity contribution in [2.24, 2.45) is 0 Å². The van der Waals surface area contributed by atoms with Crippen molar-refractivity contribution in [3.8, 4) is 17.1 Å². The standard InChI is InChI=1S/C47H28N4O/c1-5-14-39-32(10-1)33-11-2-6-15-40(33)49(39)29-20-23-43-37(26-29)34-12-3-7-16-41(34)50(43)30-21-24-44-38(27-30)35-13-4-8-17-42(35)51(44)31-19-22-36-46(28-31)52-45-18-9-25-48-47(36)45/h1-28H. The van der Waals surface area contributed by atoms with Crippen LogP contribution in [0.2, 0.25) is 0 Å². The van der Waals surface area contributed by atoms with Crippen molar-refractivity contribution in [1.29, 1.82) is 0 Å². The fraction of sp³-hybridized carbons (Fsp3) is 0. The minimum Gasteiger partial charge on any atom is -0.454 e. The van der Waals surface area contributed by atoms with Gasteiger partial charge in [-0.3, -0.25) is 4.98 Å². The van der Waals surface area contributed by atoms with Crippen LogP contribution in [-0.2, 0) is 0 Å². The second-order valence-corrected chi connectivity index (χ2v) is 13.6. The van der Waals surface area contributed by atoms with Crippen LogP contribution in [0.4, 0.5) is 0 Å². The smallest absolute Gasteiger partial charge is 0.153 e. The number of para-hydroxylation sites is 4. The molecule has 7 aromatic carbocycles. The van der Waals surface area contributed by atoms with Gasteiger partial charge in [0, 0.05) is 67.0 Å². The van der Waals surface area contributed by atoms with Crippen LogP contribution in [0.3, 0.4) is 0 Å². The highest BCUT2D eigenvalue weighted by atomic mass is 16.3. The van der Waals surface area contributed by atoms with Crippen LogP contribution in [0, 0.1) is 0 Å². The second-order valence-electron chi connectivity index (χ2n) is 13.6. The molecule has 0 aliphatic heterocycles. The fourth-order valence-electron chi connectivity index (χ4n) is 8.68. The second kappa shape index (κ2) is 10.2. The van der Waals surface area contributed by atoms with E-state index in [1.807, 2.05) is 18.3 Å². The van der Waals surface area contributed by atoms with Crippen LogP contribution in [0.15, 0.2) is 174 Å². The highest BCUT2D eigenvalue weighted by Crippen LogP contribution is 2.40. The molecule has 0 spiro atoms. The van der Waals surface area contributed by atoms with Crippen molar-refractivity contribution < 1.29 is 4.42 Å². The number of pyridine rings is 1. The molecule has 0 aliphatic carbocycles. The lowest BCUT2D eigenvalue weighted by molar-refractivity contribution is 0.668. The molecule has 0 bridgehead atoms. The van der Waals surface area contributed by atoms with Crippen molar-refractivity contribution in [3.05, 3.63) is 170 Å². The molecule has 0 atom stereocenters. The van der Waals surface area contributed by atoms with E-state index < -0.39 is 0 Å². The van der Waals surface area contributed by atoms with Crippen LogP contribution < -0.4 is 0 Å². The maximum atomic E-state index is 6.26. The molecule has 0 radical (unpaired) electrons. The van der Waals surface area contributed by atoms with E-state index in [0.717, 1.165) is 50.2 Å². The molecular formula is C47H28N4O. The molecule has 12 rings (SSSR count). The van der Waals surface area contributed by atoms with E-state index in [-0.39, 0.29) is 0 Å². The Balaban J connectivity index is 1.08. The predicted octanol–water partition coefficient (Wildman–Crippen LogP) is 12.3. The van der Waals surface area contributed by atoms with E-state index in [0.29, 0.717) is 0 Å². The molecule has 5 heterocycles. The number of furan rings is 1. The van der Waals surface area contributed by atoms with Gasteiger partial charge in [0.15, 0.2) is 5.58 Å². The maximum absolute atomic E-state index is 6.26. The van der Waals surface area contributed by atoms with Gasteiger partial charge in [-0.2, -0.15) is 0 Å². The number of aromatic nitrogens is 4. The summed E-state index contributed by atoms with van der Waals surface area (Å²) in [6.07, 6.45) is 1.82. The summed E-state index contributed by atoms with van der Waals surface area (Å²) in [4.78, 5) is 4.58. The van der Waals surface area contributed by atoms with Gasteiger partial charge in [0.05, 0.1) is 33.1 Å². The zero-order valence-electron chi connectivity index (χ0n) is 27.9. The number of hydrogen-bond acceptors (Lipinski definition) is 2. The summed E-state index contributed by atoms with van der Waals surface area (Å²) in [7, 11) is 0. The summed E-state index contributed by atoms with van der Waals surface area (Å²) in [6.45, 7) is 0. The van der Waals surface area contributed by atoms with Crippen LogP contribution in [-0.4, -0.2) is 18.7 Å². The minimum absolute atomic E-state index is 0.801. The molecule has 0 N–H and O–H groups in total. The molecule has 5 nitrogen and oxygen atoms in total. The third kappa shape index (κ3) is 3.69. The number of rotatable bonds is 3. The number of benzene rings is 7. The van der Waals surface area contributed by atoms with E-state index in [4.69, 9.17) is 4.42 Å². The van der Waals surface area contributed by atoms with Gasteiger partial charge in [-0.15, -0.1) is 0 Å². The molecule has 0 unspecified atom stereocenters. The summed E-state index contributed by atoms with van der Waals surface area (Å²) < 4.78 is 13.4. The van der Waals surface area contributed by atoms with Crippen molar-refractivity contribution in [2.75, 3.05) is 0 Å². The summed E-state index contributed by atoms with van der Waals surface area (Å²) >= 11 is 0. The highest BCUT2D eigenvalue weighted by Gasteiger charge is 2.19. The molecule has 0 saturated heterocycles. The van der Waals surface area contributed by atoms with E-state index in [2.05, 4.69) is 170 Å². The van der Waals surface area contributed by atoms with E-state index in [1.54, 1.807) is 0 Å². The van der Waals surface area contributed by atoms with Gasteiger partial charge in [-0.25, -0.2) is 0 Å². The van der Waals surface area contributed by atoms with Crippen molar-refractivity contribution >= 4 is 87.5 Å². The number of hydrogen-bond donors (Lipinski definition) is 0. The maximum Gasteiger partial charge on any atom is 0.153 e. The van der Waals surface area contributed by atoms with E-state index >= 15 is 0 Å². The molecule has 52 heavy (non-hydrogen) atoms. The minimum atomic E-state index is 0.801. The first-order chi connectivity index (χ1) is 25.8. The molecule has 0 aliphatic rings. The number of nitrogens with zero attached hydrogens (tertiary/aromatic N) is 4. The van der Waals surface area contributed by atoms with Gasteiger partial charge in [-0.1, -0.05) is 72.8 Å². The van der Waals surface area contributed by atoms with Crippen molar-refractivity contribution in [2.45, 2.75) is 0 Å². The Morgan fingerprint density at radius 1 is 0.327 bits per heavy atom. The zero-order chi connectivity index (χ0) is 33.9. The zero-order valence-corrected chi connectivity index (χ0v) is 27.9. The molecule has 0 fully saturated rings. The first-order valence-electron chi connectivity index (χ1n) is 17.6.